The zero-order valence-electron chi connectivity index (χ0n) is 20.0. The number of amides is 2. The van der Waals surface area contributed by atoms with Gasteiger partial charge in [-0.1, -0.05) is 62.2 Å². The second-order valence-electron chi connectivity index (χ2n) is 10.3. The number of fused-ring (bicyclic) bond motifs is 1. The van der Waals surface area contributed by atoms with Gasteiger partial charge < -0.3 is 14.5 Å². The third-order valence-corrected chi connectivity index (χ3v) is 8.33. The number of likely N-dealkylation sites (tertiary alicyclic amines) is 2. The molecule has 2 bridgehead atoms. The Hall–Kier alpha value is -2.89. The molecule has 2 amide bonds. The fourth-order valence-corrected chi connectivity index (χ4v) is 6.94. The fourth-order valence-electron chi connectivity index (χ4n) is 6.94. The van der Waals surface area contributed by atoms with Crippen LogP contribution in [0.3, 0.4) is 0 Å². The van der Waals surface area contributed by atoms with Crippen LogP contribution in [0.5, 0.6) is 5.75 Å². The Morgan fingerprint density at radius 1 is 1.00 bits per heavy atom. The van der Waals surface area contributed by atoms with Crippen LogP contribution in [0, 0.1) is 11.2 Å². The number of nitrogens with zero attached hydrogens (tertiary/aromatic N) is 2. The van der Waals surface area contributed by atoms with Crippen molar-refractivity contribution in [1.82, 2.24) is 9.80 Å². The van der Waals surface area contributed by atoms with Crippen LogP contribution in [0.25, 0.3) is 0 Å². The molecule has 2 saturated heterocycles. The highest BCUT2D eigenvalue weighted by molar-refractivity contribution is 5.80. The molecule has 2 aliphatic heterocycles. The monoisotopic (exact) mass is 464 g/mol. The maximum Gasteiger partial charge on any atom is 0.261 e. The maximum atomic E-state index is 14.1. The van der Waals surface area contributed by atoms with Crippen molar-refractivity contribution >= 4 is 11.8 Å². The number of hydrogen-bond acceptors (Lipinski definition) is 3. The van der Waals surface area contributed by atoms with Crippen molar-refractivity contribution in [2.75, 3.05) is 6.61 Å². The van der Waals surface area contributed by atoms with Crippen LogP contribution < -0.4 is 4.74 Å². The molecular formula is C28H33FN2O3. The lowest BCUT2D eigenvalue weighted by Gasteiger charge is -2.50. The molecule has 3 fully saturated rings. The Kier molecular flexibility index (Phi) is 6.09. The third-order valence-electron chi connectivity index (χ3n) is 8.33. The number of ether oxygens (including phenoxy) is 1. The predicted octanol–water partition coefficient (Wildman–Crippen LogP) is 4.60. The molecule has 6 heteroatoms. The highest BCUT2D eigenvalue weighted by Crippen LogP contribution is 2.55. The topological polar surface area (TPSA) is 49.9 Å². The molecule has 3 aliphatic rings. The second kappa shape index (κ2) is 9.05. The van der Waals surface area contributed by atoms with Crippen molar-refractivity contribution in [1.29, 1.82) is 0 Å². The van der Waals surface area contributed by atoms with Crippen LogP contribution in [-0.4, -0.2) is 52.4 Å². The summed E-state index contributed by atoms with van der Waals surface area (Å²) in [4.78, 5) is 30.9. The molecule has 2 heterocycles. The van der Waals surface area contributed by atoms with Crippen molar-refractivity contribution in [3.8, 4) is 5.75 Å². The molecule has 34 heavy (non-hydrogen) atoms. The summed E-state index contributed by atoms with van der Waals surface area (Å²) in [7, 11) is 0. The number of hydrogen-bond donors (Lipinski definition) is 0. The van der Waals surface area contributed by atoms with Gasteiger partial charge in [0.1, 0.15) is 0 Å². The van der Waals surface area contributed by atoms with Crippen LogP contribution in [0.4, 0.5) is 4.39 Å². The van der Waals surface area contributed by atoms with Gasteiger partial charge in [-0.25, -0.2) is 4.39 Å². The first-order valence-electron chi connectivity index (χ1n) is 12.4. The van der Waals surface area contributed by atoms with E-state index in [4.69, 9.17) is 4.74 Å². The van der Waals surface area contributed by atoms with Gasteiger partial charge in [0.2, 0.25) is 5.91 Å². The molecule has 2 aromatic carbocycles. The molecule has 5 atom stereocenters. The van der Waals surface area contributed by atoms with Gasteiger partial charge in [0, 0.05) is 24.4 Å². The first-order chi connectivity index (χ1) is 16.4. The number of halogens is 1. The van der Waals surface area contributed by atoms with Crippen molar-refractivity contribution < 1.29 is 18.7 Å². The zero-order chi connectivity index (χ0) is 23.9. The average molecular weight is 465 g/mol. The fraction of sp³-hybridized carbons (Fsp3) is 0.500. The molecule has 0 unspecified atom stereocenters. The molecule has 0 aromatic heterocycles. The lowest BCUT2D eigenvalue weighted by atomic mass is 9.69. The van der Waals surface area contributed by atoms with E-state index >= 15 is 0 Å². The molecule has 0 spiro atoms. The van der Waals surface area contributed by atoms with Crippen LogP contribution >= 0.6 is 0 Å². The normalized spacial score (nSPS) is 30.1. The van der Waals surface area contributed by atoms with E-state index in [2.05, 4.69) is 24.0 Å². The van der Waals surface area contributed by atoms with Gasteiger partial charge in [-0.2, -0.15) is 0 Å². The Bertz CT molecular complexity index is 1060. The number of carbonyl (C=O) groups is 2. The van der Waals surface area contributed by atoms with E-state index in [9.17, 15) is 14.0 Å². The van der Waals surface area contributed by atoms with Gasteiger partial charge in [0.15, 0.2) is 18.2 Å². The van der Waals surface area contributed by atoms with Crippen molar-refractivity contribution in [2.24, 2.45) is 5.41 Å². The molecule has 5 rings (SSSR count). The molecule has 1 aliphatic carbocycles. The van der Waals surface area contributed by atoms with Crippen molar-refractivity contribution in [3.05, 3.63) is 66.0 Å². The molecule has 1 saturated carbocycles. The van der Waals surface area contributed by atoms with Crippen molar-refractivity contribution in [3.63, 3.8) is 0 Å². The minimum Gasteiger partial charge on any atom is -0.481 e. The summed E-state index contributed by atoms with van der Waals surface area (Å²) in [5, 5.41) is 0. The first kappa shape index (κ1) is 22.9. The lowest BCUT2D eigenvalue weighted by Crippen LogP contribution is -2.61. The van der Waals surface area contributed by atoms with Gasteiger partial charge in [-0.15, -0.1) is 0 Å². The summed E-state index contributed by atoms with van der Waals surface area (Å²) in [5.74, 6) is -0.415. The minimum absolute atomic E-state index is 0.0596. The van der Waals surface area contributed by atoms with E-state index in [1.165, 1.54) is 6.07 Å². The quantitative estimate of drug-likeness (QED) is 0.650. The summed E-state index contributed by atoms with van der Waals surface area (Å²) in [6.45, 7) is 3.73. The highest BCUT2D eigenvalue weighted by Gasteiger charge is 2.63. The molecule has 0 N–H and O–H groups in total. The standard InChI is InChI=1S/C28H33FN2O3/c1-19(32)30-22(16-20-10-4-3-5-11-20)23-17-28(2)25(30)14-8-9-15-26(28)31(23)27(33)18-34-24-13-7-6-12-21(24)29/h3-7,10-13,22-23,25-26H,8-9,14-18H2,1-2H3/t22-,23+,25-,26+,28-/m1/s1. The number of benzene rings is 2. The molecular weight excluding hydrogens is 431 g/mol. The SMILES string of the molecule is CC(=O)N1[C@H](Cc2ccccc2)[C@@H]2C[C@@]3(C)[C@H](CCCC[C@@H]13)N2C(=O)COc1ccccc1F. The molecule has 180 valence electrons. The van der Waals surface area contributed by atoms with E-state index in [-0.39, 0.29) is 53.8 Å². The number of carbonyl (C=O) groups excluding carboxylic acids is 2. The Balaban J connectivity index is 1.49. The average Bonchev–Trinajstić information content (AvgIpc) is 2.97. The van der Waals surface area contributed by atoms with Crippen molar-refractivity contribution in [2.45, 2.75) is 76.5 Å². The Morgan fingerprint density at radius 2 is 1.65 bits per heavy atom. The van der Waals surface area contributed by atoms with E-state index in [1.807, 2.05) is 23.1 Å². The Labute approximate surface area is 200 Å². The predicted molar refractivity (Wildman–Crippen MR) is 128 cm³/mol. The molecule has 2 aromatic rings. The van der Waals surface area contributed by atoms with E-state index in [0.29, 0.717) is 6.42 Å². The van der Waals surface area contributed by atoms with E-state index in [0.717, 1.165) is 37.7 Å². The van der Waals surface area contributed by atoms with Crippen LogP contribution in [0.2, 0.25) is 0 Å². The Morgan fingerprint density at radius 3 is 2.32 bits per heavy atom. The second-order valence-corrected chi connectivity index (χ2v) is 10.3. The smallest absolute Gasteiger partial charge is 0.261 e. The summed E-state index contributed by atoms with van der Waals surface area (Å²) >= 11 is 0. The van der Waals surface area contributed by atoms with Crippen LogP contribution in [0.1, 0.15) is 51.5 Å². The summed E-state index contributed by atoms with van der Waals surface area (Å²) < 4.78 is 19.7. The van der Waals surface area contributed by atoms with Gasteiger partial charge in [-0.05, 0) is 43.4 Å². The zero-order valence-corrected chi connectivity index (χ0v) is 20.0. The van der Waals surface area contributed by atoms with Gasteiger partial charge in [-0.3, -0.25) is 9.59 Å². The summed E-state index contributed by atoms with van der Waals surface area (Å²) in [6, 6.07) is 16.4. The maximum absolute atomic E-state index is 14.1. The number of para-hydroxylation sites is 1. The molecule has 5 nitrogen and oxygen atoms in total. The van der Waals surface area contributed by atoms with Gasteiger partial charge in [0.05, 0.1) is 12.1 Å². The van der Waals surface area contributed by atoms with Gasteiger partial charge in [0.25, 0.3) is 5.91 Å². The molecule has 0 radical (unpaired) electrons. The first-order valence-corrected chi connectivity index (χ1v) is 12.4. The third kappa shape index (κ3) is 3.87. The summed E-state index contributed by atoms with van der Waals surface area (Å²) in [5.41, 5.74) is 1.02. The summed E-state index contributed by atoms with van der Waals surface area (Å²) in [6.07, 6.45) is 5.59. The number of rotatable bonds is 5. The minimum atomic E-state index is -0.471. The van der Waals surface area contributed by atoms with E-state index < -0.39 is 5.82 Å². The largest absolute Gasteiger partial charge is 0.481 e. The van der Waals surface area contributed by atoms with E-state index in [1.54, 1.807) is 25.1 Å². The lowest BCUT2D eigenvalue weighted by molar-refractivity contribution is -0.143. The van der Waals surface area contributed by atoms with Crippen LogP contribution in [0.15, 0.2) is 54.6 Å². The highest BCUT2D eigenvalue weighted by atomic mass is 19.1. The number of piperidine rings is 1. The van der Waals surface area contributed by atoms with Crippen LogP contribution in [-0.2, 0) is 16.0 Å². The van der Waals surface area contributed by atoms with Gasteiger partial charge >= 0.3 is 0 Å².